The molecule has 1 amide bonds. The highest BCUT2D eigenvalue weighted by Crippen LogP contribution is 2.40. The van der Waals surface area contributed by atoms with Crippen molar-refractivity contribution in [1.29, 1.82) is 0 Å². The molecule has 1 atom stereocenters. The molecule has 8 nitrogen and oxygen atoms in total. The summed E-state index contributed by atoms with van der Waals surface area (Å²) in [6.07, 6.45) is 3.25. The molecule has 0 fully saturated rings. The zero-order valence-electron chi connectivity index (χ0n) is 24.2. The van der Waals surface area contributed by atoms with Crippen LogP contribution in [0.3, 0.4) is 0 Å². The van der Waals surface area contributed by atoms with E-state index in [0.29, 0.717) is 54.3 Å². The standard InChI is InChI=1S/C36H24Cl2N4O4/c1-42-20-39-19-33(42)36(45,22-9-12-24(37)13-10-22)23-11-14-29-28(16-23)27(21-5-4-6-25(38)15-21)17-34(40-29)41-35(44)32-18-30(43)26-7-2-3-8-31(26)46-32/h2-20,45H,1H3,(H,40,41,44). The summed E-state index contributed by atoms with van der Waals surface area (Å²) in [5.74, 6) is -0.540. The second-order valence-corrected chi connectivity index (χ2v) is 11.7. The Kier molecular flexibility index (Phi) is 7.41. The highest BCUT2D eigenvalue weighted by atomic mass is 35.5. The van der Waals surface area contributed by atoms with Gasteiger partial charge in [0.25, 0.3) is 5.91 Å². The first-order valence-corrected chi connectivity index (χ1v) is 15.0. The zero-order valence-corrected chi connectivity index (χ0v) is 25.8. The van der Waals surface area contributed by atoms with Crippen molar-refractivity contribution in [2.75, 3.05) is 5.32 Å². The third kappa shape index (κ3) is 5.22. The van der Waals surface area contributed by atoms with Crippen LogP contribution in [0.25, 0.3) is 33.0 Å². The van der Waals surface area contributed by atoms with Gasteiger partial charge in [-0.1, -0.05) is 65.7 Å². The van der Waals surface area contributed by atoms with E-state index in [-0.39, 0.29) is 17.0 Å². The number of nitrogens with zero attached hydrogens (tertiary/aromatic N) is 3. The summed E-state index contributed by atoms with van der Waals surface area (Å²) in [6, 6.07) is 29.4. The maximum absolute atomic E-state index is 13.3. The predicted molar refractivity (Wildman–Crippen MR) is 179 cm³/mol. The van der Waals surface area contributed by atoms with Gasteiger partial charge in [-0.05, 0) is 76.9 Å². The molecule has 3 heterocycles. The number of aliphatic hydroxyl groups is 1. The molecule has 0 aliphatic rings. The minimum Gasteiger partial charge on any atom is -0.451 e. The maximum atomic E-state index is 13.3. The van der Waals surface area contributed by atoms with Crippen molar-refractivity contribution in [3.63, 3.8) is 0 Å². The molecule has 4 aromatic carbocycles. The topological polar surface area (TPSA) is 110 Å². The Morgan fingerprint density at radius 3 is 2.41 bits per heavy atom. The lowest BCUT2D eigenvalue weighted by Crippen LogP contribution is -2.31. The molecule has 0 spiro atoms. The first kappa shape index (κ1) is 29.4. The number of halogens is 2. The number of para-hydroxylation sites is 1. The van der Waals surface area contributed by atoms with Crippen LogP contribution >= 0.6 is 23.2 Å². The zero-order chi connectivity index (χ0) is 32.0. The van der Waals surface area contributed by atoms with Crippen molar-refractivity contribution in [2.24, 2.45) is 7.05 Å². The summed E-state index contributed by atoms with van der Waals surface area (Å²) in [5.41, 5.74) is 2.09. The number of benzene rings is 4. The van der Waals surface area contributed by atoms with Gasteiger partial charge in [-0.15, -0.1) is 0 Å². The molecule has 0 aliphatic carbocycles. The van der Waals surface area contributed by atoms with Crippen LogP contribution in [-0.4, -0.2) is 25.5 Å². The highest BCUT2D eigenvalue weighted by Gasteiger charge is 2.37. The average Bonchev–Trinajstić information content (AvgIpc) is 3.50. The number of hydrogen-bond acceptors (Lipinski definition) is 6. The Labute approximate surface area is 272 Å². The van der Waals surface area contributed by atoms with Gasteiger partial charge < -0.3 is 19.4 Å². The number of carbonyl (C=O) groups is 1. The van der Waals surface area contributed by atoms with Crippen molar-refractivity contribution in [3.8, 4) is 11.1 Å². The van der Waals surface area contributed by atoms with Gasteiger partial charge in [0, 0.05) is 28.5 Å². The van der Waals surface area contributed by atoms with E-state index in [2.05, 4.69) is 10.3 Å². The number of amides is 1. The van der Waals surface area contributed by atoms with Crippen LogP contribution < -0.4 is 10.7 Å². The molecular weight excluding hydrogens is 623 g/mol. The molecular formula is C36H24Cl2N4O4. The third-order valence-electron chi connectivity index (χ3n) is 7.91. The normalized spacial score (nSPS) is 12.7. The fourth-order valence-corrected chi connectivity index (χ4v) is 5.98. The minimum atomic E-state index is -1.60. The molecule has 226 valence electrons. The van der Waals surface area contributed by atoms with Gasteiger partial charge in [0.1, 0.15) is 11.4 Å². The van der Waals surface area contributed by atoms with Crippen molar-refractivity contribution < 1.29 is 14.3 Å². The van der Waals surface area contributed by atoms with E-state index in [1.54, 1.807) is 89.9 Å². The summed E-state index contributed by atoms with van der Waals surface area (Å²) < 4.78 is 7.50. The number of anilines is 1. The first-order chi connectivity index (χ1) is 22.2. The molecule has 7 rings (SSSR count). The summed E-state index contributed by atoms with van der Waals surface area (Å²) in [7, 11) is 1.82. The second-order valence-electron chi connectivity index (χ2n) is 10.8. The molecule has 0 saturated carbocycles. The van der Waals surface area contributed by atoms with Crippen LogP contribution in [0.2, 0.25) is 10.0 Å². The first-order valence-electron chi connectivity index (χ1n) is 14.2. The van der Waals surface area contributed by atoms with Crippen molar-refractivity contribution >= 4 is 56.8 Å². The molecule has 2 N–H and O–H groups in total. The number of hydrogen-bond donors (Lipinski definition) is 2. The maximum Gasteiger partial charge on any atom is 0.292 e. The Balaban J connectivity index is 1.38. The smallest absolute Gasteiger partial charge is 0.292 e. The van der Waals surface area contributed by atoms with Gasteiger partial charge in [0.05, 0.1) is 29.1 Å². The Morgan fingerprint density at radius 2 is 1.65 bits per heavy atom. The summed E-state index contributed by atoms with van der Waals surface area (Å²) in [5, 5.41) is 17.4. The monoisotopic (exact) mass is 646 g/mol. The lowest BCUT2D eigenvalue weighted by molar-refractivity contribution is 0.0996. The number of carbonyl (C=O) groups excluding carboxylic acids is 1. The Hall–Kier alpha value is -5.28. The largest absolute Gasteiger partial charge is 0.451 e. The molecule has 46 heavy (non-hydrogen) atoms. The van der Waals surface area contributed by atoms with Gasteiger partial charge in [-0.2, -0.15) is 0 Å². The molecule has 0 aliphatic heterocycles. The number of aromatic nitrogens is 3. The quantitative estimate of drug-likeness (QED) is 0.193. The average molecular weight is 648 g/mol. The van der Waals surface area contributed by atoms with Crippen molar-refractivity contribution in [1.82, 2.24) is 14.5 Å². The molecule has 7 aromatic rings. The fourth-order valence-electron chi connectivity index (χ4n) is 5.66. The number of rotatable bonds is 6. The SMILES string of the molecule is Cn1cncc1C(O)(c1ccc(Cl)cc1)c1ccc2nc(NC(=O)c3cc(=O)c4ccccc4o3)cc(-c3cccc(Cl)c3)c2c1. The van der Waals surface area contributed by atoms with E-state index in [0.717, 1.165) is 5.56 Å². The second kappa shape index (κ2) is 11.6. The van der Waals surface area contributed by atoms with E-state index in [4.69, 9.17) is 32.6 Å². The van der Waals surface area contributed by atoms with Crippen LogP contribution in [0.5, 0.6) is 0 Å². The van der Waals surface area contributed by atoms with E-state index < -0.39 is 11.5 Å². The Bertz CT molecular complexity index is 2350. The van der Waals surface area contributed by atoms with E-state index in [1.165, 1.54) is 6.07 Å². The van der Waals surface area contributed by atoms with E-state index in [1.807, 2.05) is 31.3 Å². The van der Waals surface area contributed by atoms with Gasteiger partial charge in [0.15, 0.2) is 16.8 Å². The molecule has 10 heteroatoms. The van der Waals surface area contributed by atoms with Crippen LogP contribution in [0, 0.1) is 0 Å². The highest BCUT2D eigenvalue weighted by molar-refractivity contribution is 6.31. The summed E-state index contributed by atoms with van der Waals surface area (Å²) in [4.78, 5) is 34.9. The lowest BCUT2D eigenvalue weighted by atomic mass is 9.82. The number of pyridine rings is 1. The fraction of sp³-hybridized carbons (Fsp3) is 0.0556. The number of aryl methyl sites for hydroxylation is 1. The van der Waals surface area contributed by atoms with Gasteiger partial charge in [-0.3, -0.25) is 9.59 Å². The summed E-state index contributed by atoms with van der Waals surface area (Å²) in [6.45, 7) is 0. The lowest BCUT2D eigenvalue weighted by Gasteiger charge is -2.30. The number of fused-ring (bicyclic) bond motifs is 2. The van der Waals surface area contributed by atoms with Crippen molar-refractivity contribution in [3.05, 3.63) is 159 Å². The molecule has 0 saturated heterocycles. The number of nitrogens with one attached hydrogen (secondary N) is 1. The number of imidazole rings is 1. The Morgan fingerprint density at radius 1 is 0.870 bits per heavy atom. The van der Waals surface area contributed by atoms with Gasteiger partial charge >= 0.3 is 0 Å². The van der Waals surface area contributed by atoms with Crippen LogP contribution in [0.15, 0.2) is 125 Å². The van der Waals surface area contributed by atoms with Gasteiger partial charge in [0.2, 0.25) is 0 Å². The molecule has 3 aromatic heterocycles. The summed E-state index contributed by atoms with van der Waals surface area (Å²) >= 11 is 12.6. The van der Waals surface area contributed by atoms with Gasteiger partial charge in [-0.25, -0.2) is 9.97 Å². The minimum absolute atomic E-state index is 0.144. The molecule has 1 unspecified atom stereocenters. The molecule has 0 radical (unpaired) electrons. The third-order valence-corrected chi connectivity index (χ3v) is 8.40. The predicted octanol–water partition coefficient (Wildman–Crippen LogP) is 7.59. The van der Waals surface area contributed by atoms with E-state index >= 15 is 0 Å². The van der Waals surface area contributed by atoms with Crippen molar-refractivity contribution in [2.45, 2.75) is 5.60 Å². The van der Waals surface area contributed by atoms with Crippen LogP contribution in [-0.2, 0) is 12.6 Å². The van der Waals surface area contributed by atoms with E-state index in [9.17, 15) is 14.7 Å². The van der Waals surface area contributed by atoms with Crippen LogP contribution in [0.1, 0.15) is 27.4 Å². The van der Waals surface area contributed by atoms with Crippen LogP contribution in [0.4, 0.5) is 5.82 Å². The molecule has 0 bridgehead atoms.